The van der Waals surface area contributed by atoms with Gasteiger partial charge in [-0.25, -0.2) is 9.97 Å². The molecule has 0 unspecified atom stereocenters. The first-order valence-corrected chi connectivity index (χ1v) is 6.46. The Morgan fingerprint density at radius 2 is 1.88 bits per heavy atom. The van der Waals surface area contributed by atoms with Crippen LogP contribution in [0.5, 0.6) is 0 Å². The van der Waals surface area contributed by atoms with Crippen molar-refractivity contribution in [1.29, 1.82) is 0 Å². The molecule has 2 N–H and O–H groups in total. The average Bonchev–Trinajstić information content (AvgIpc) is 2.39. The van der Waals surface area contributed by atoms with Crippen molar-refractivity contribution in [1.82, 2.24) is 9.97 Å². The third-order valence-corrected chi connectivity index (χ3v) is 3.09. The first-order chi connectivity index (χ1) is 8.33. The average molecular weight is 246 g/mol. The first-order valence-electron chi connectivity index (χ1n) is 5.23. The summed E-state index contributed by atoms with van der Waals surface area (Å²) in [5.74, 6) is 1.58. The van der Waals surface area contributed by atoms with Crippen molar-refractivity contribution in [3.63, 3.8) is 0 Å². The van der Waals surface area contributed by atoms with Crippen molar-refractivity contribution in [3.05, 3.63) is 36.7 Å². The predicted octanol–water partition coefficient (Wildman–Crippen LogP) is 2.98. The molecule has 0 saturated heterocycles. The summed E-state index contributed by atoms with van der Waals surface area (Å²) in [6.45, 7) is 0. The van der Waals surface area contributed by atoms with Crippen LogP contribution in [0.3, 0.4) is 0 Å². The van der Waals surface area contributed by atoms with Crippen LogP contribution in [0, 0.1) is 0 Å². The molecule has 0 atom stereocenters. The molecule has 0 saturated carbocycles. The standard InChI is InChI=1S/C12H14N4S/c1-13-11-7-12(15-8-14-11)16-9-5-3-4-6-10(9)17-2/h3-8H,1-2H3,(H2,13,14,15,16). The van der Waals surface area contributed by atoms with E-state index < -0.39 is 0 Å². The van der Waals surface area contributed by atoms with Crippen LogP contribution in [0.15, 0.2) is 41.6 Å². The fraction of sp³-hybridized carbons (Fsp3) is 0.167. The number of nitrogens with one attached hydrogen (secondary N) is 2. The van der Waals surface area contributed by atoms with Gasteiger partial charge in [0.1, 0.15) is 18.0 Å². The van der Waals surface area contributed by atoms with Gasteiger partial charge >= 0.3 is 0 Å². The summed E-state index contributed by atoms with van der Waals surface area (Å²) >= 11 is 1.70. The fourth-order valence-corrected chi connectivity index (χ4v) is 2.00. The van der Waals surface area contributed by atoms with Crippen molar-refractivity contribution in [2.45, 2.75) is 4.90 Å². The molecule has 17 heavy (non-hydrogen) atoms. The molecule has 0 fully saturated rings. The minimum absolute atomic E-state index is 0.783. The highest BCUT2D eigenvalue weighted by molar-refractivity contribution is 7.98. The van der Waals surface area contributed by atoms with Crippen molar-refractivity contribution in [2.24, 2.45) is 0 Å². The number of hydrogen-bond acceptors (Lipinski definition) is 5. The van der Waals surface area contributed by atoms with Crippen LogP contribution >= 0.6 is 11.8 Å². The van der Waals surface area contributed by atoms with Crippen LogP contribution in [-0.4, -0.2) is 23.3 Å². The SMILES string of the molecule is CNc1cc(Nc2ccccc2SC)ncn1. The maximum absolute atomic E-state index is 4.19. The topological polar surface area (TPSA) is 49.8 Å². The number of para-hydroxylation sites is 1. The predicted molar refractivity (Wildman–Crippen MR) is 73.1 cm³/mol. The second-order valence-electron chi connectivity index (χ2n) is 3.36. The zero-order chi connectivity index (χ0) is 12.1. The van der Waals surface area contributed by atoms with E-state index in [-0.39, 0.29) is 0 Å². The van der Waals surface area contributed by atoms with E-state index in [4.69, 9.17) is 0 Å². The van der Waals surface area contributed by atoms with E-state index >= 15 is 0 Å². The Labute approximate surface area is 105 Å². The highest BCUT2D eigenvalue weighted by atomic mass is 32.2. The summed E-state index contributed by atoms with van der Waals surface area (Å²) in [4.78, 5) is 9.45. The highest BCUT2D eigenvalue weighted by Crippen LogP contribution is 2.27. The lowest BCUT2D eigenvalue weighted by molar-refractivity contribution is 1.16. The van der Waals surface area contributed by atoms with Crippen LogP contribution in [0.4, 0.5) is 17.3 Å². The Morgan fingerprint density at radius 1 is 1.12 bits per heavy atom. The number of benzene rings is 1. The van der Waals surface area contributed by atoms with Gasteiger partial charge < -0.3 is 10.6 Å². The summed E-state index contributed by atoms with van der Waals surface area (Å²) < 4.78 is 0. The molecule has 1 aromatic heterocycles. The van der Waals surface area contributed by atoms with E-state index in [2.05, 4.69) is 32.9 Å². The largest absolute Gasteiger partial charge is 0.373 e. The van der Waals surface area contributed by atoms with E-state index in [1.165, 1.54) is 11.2 Å². The minimum Gasteiger partial charge on any atom is -0.373 e. The molecule has 4 nitrogen and oxygen atoms in total. The van der Waals surface area contributed by atoms with E-state index in [9.17, 15) is 0 Å². The summed E-state index contributed by atoms with van der Waals surface area (Å²) in [5.41, 5.74) is 1.06. The summed E-state index contributed by atoms with van der Waals surface area (Å²) in [6, 6.07) is 10.0. The lowest BCUT2D eigenvalue weighted by atomic mass is 10.3. The molecule has 2 rings (SSSR count). The van der Waals surface area contributed by atoms with E-state index in [0.717, 1.165) is 17.3 Å². The van der Waals surface area contributed by atoms with Gasteiger partial charge in [0.2, 0.25) is 0 Å². The van der Waals surface area contributed by atoms with Gasteiger partial charge in [0.05, 0.1) is 5.69 Å². The minimum atomic E-state index is 0.783. The molecule has 2 aromatic rings. The quantitative estimate of drug-likeness (QED) is 0.812. The van der Waals surface area contributed by atoms with Crippen LogP contribution < -0.4 is 10.6 Å². The maximum Gasteiger partial charge on any atom is 0.135 e. The molecule has 1 heterocycles. The first kappa shape index (κ1) is 11.7. The smallest absolute Gasteiger partial charge is 0.135 e. The molecule has 0 bridgehead atoms. The van der Waals surface area contributed by atoms with E-state index in [1.54, 1.807) is 11.8 Å². The van der Waals surface area contributed by atoms with Gasteiger partial charge in [-0.1, -0.05) is 12.1 Å². The lowest BCUT2D eigenvalue weighted by Gasteiger charge is -2.09. The number of hydrogen-bond donors (Lipinski definition) is 2. The van der Waals surface area contributed by atoms with Gasteiger partial charge in [-0.3, -0.25) is 0 Å². The highest BCUT2D eigenvalue weighted by Gasteiger charge is 2.02. The van der Waals surface area contributed by atoms with Gasteiger partial charge in [-0.15, -0.1) is 11.8 Å². The zero-order valence-electron chi connectivity index (χ0n) is 9.77. The Kier molecular flexibility index (Phi) is 3.82. The van der Waals surface area contributed by atoms with E-state index in [1.807, 2.05) is 31.3 Å². The van der Waals surface area contributed by atoms with Gasteiger partial charge in [0, 0.05) is 18.0 Å². The molecule has 88 valence electrons. The van der Waals surface area contributed by atoms with Crippen LogP contribution in [-0.2, 0) is 0 Å². The molecule has 0 amide bonds. The molecule has 1 aromatic carbocycles. The number of thioether (sulfide) groups is 1. The van der Waals surface area contributed by atoms with Crippen LogP contribution in [0.1, 0.15) is 0 Å². The van der Waals surface area contributed by atoms with Crippen molar-refractivity contribution < 1.29 is 0 Å². The number of nitrogens with zero attached hydrogens (tertiary/aromatic N) is 2. The van der Waals surface area contributed by atoms with Gasteiger partial charge in [0.25, 0.3) is 0 Å². The summed E-state index contributed by atoms with van der Waals surface area (Å²) in [5, 5.41) is 6.27. The van der Waals surface area contributed by atoms with Gasteiger partial charge in [-0.05, 0) is 18.4 Å². The molecule has 0 aliphatic heterocycles. The van der Waals surface area contributed by atoms with Gasteiger partial charge in [-0.2, -0.15) is 0 Å². The zero-order valence-corrected chi connectivity index (χ0v) is 10.6. The molecule has 0 spiro atoms. The lowest BCUT2D eigenvalue weighted by Crippen LogP contribution is -1.98. The Morgan fingerprint density at radius 3 is 2.65 bits per heavy atom. The Hall–Kier alpha value is -1.75. The Balaban J connectivity index is 2.24. The third kappa shape index (κ3) is 2.88. The number of rotatable bonds is 4. The maximum atomic E-state index is 4.19. The number of anilines is 3. The summed E-state index contributed by atoms with van der Waals surface area (Å²) in [6.07, 6.45) is 3.59. The normalized spacial score (nSPS) is 10.0. The molecule has 5 heteroatoms. The molecular formula is C12H14N4S. The van der Waals surface area contributed by atoms with Crippen LogP contribution in [0.2, 0.25) is 0 Å². The molecule has 0 radical (unpaired) electrons. The second-order valence-corrected chi connectivity index (χ2v) is 4.21. The van der Waals surface area contributed by atoms with Crippen molar-refractivity contribution >= 4 is 29.1 Å². The summed E-state index contributed by atoms with van der Waals surface area (Å²) in [7, 11) is 1.84. The number of aromatic nitrogens is 2. The Bertz CT molecular complexity index is 501. The van der Waals surface area contributed by atoms with Crippen LogP contribution in [0.25, 0.3) is 0 Å². The molecule has 0 aliphatic rings. The van der Waals surface area contributed by atoms with Crippen molar-refractivity contribution in [3.8, 4) is 0 Å². The molecular weight excluding hydrogens is 232 g/mol. The monoisotopic (exact) mass is 246 g/mol. The molecule has 0 aliphatic carbocycles. The van der Waals surface area contributed by atoms with E-state index in [0.29, 0.717) is 0 Å². The van der Waals surface area contributed by atoms with Gasteiger partial charge in [0.15, 0.2) is 0 Å². The second kappa shape index (κ2) is 5.54. The van der Waals surface area contributed by atoms with Crippen molar-refractivity contribution in [2.75, 3.05) is 23.9 Å². The fourth-order valence-electron chi connectivity index (χ4n) is 1.45. The third-order valence-electron chi connectivity index (χ3n) is 2.29.